The van der Waals surface area contributed by atoms with E-state index in [0.717, 1.165) is 49.1 Å². The minimum atomic E-state index is -0.860. The van der Waals surface area contributed by atoms with Crippen LogP contribution in [0.3, 0.4) is 0 Å². The SMILES string of the molecule is O=C(O)CCC(Cc1ccc(OCc2ccccn2)cc1)NC(=O)CCCCCCc1cccnc1. The van der Waals surface area contributed by atoms with Crippen LogP contribution >= 0.6 is 0 Å². The van der Waals surface area contributed by atoms with Crippen molar-refractivity contribution in [3.8, 4) is 5.75 Å². The summed E-state index contributed by atoms with van der Waals surface area (Å²) in [4.78, 5) is 32.0. The van der Waals surface area contributed by atoms with Crippen molar-refractivity contribution < 1.29 is 19.4 Å². The van der Waals surface area contributed by atoms with Crippen LogP contribution in [0.2, 0.25) is 0 Å². The van der Waals surface area contributed by atoms with E-state index in [-0.39, 0.29) is 18.4 Å². The number of unbranched alkanes of at least 4 members (excludes halogenated alkanes) is 3. The Hall–Kier alpha value is -3.74. The maximum Gasteiger partial charge on any atom is 0.303 e. The van der Waals surface area contributed by atoms with Crippen LogP contribution < -0.4 is 10.1 Å². The molecule has 0 fully saturated rings. The van der Waals surface area contributed by atoms with E-state index in [1.54, 1.807) is 12.4 Å². The fourth-order valence-corrected chi connectivity index (χ4v) is 3.98. The predicted octanol–water partition coefficient (Wildman–Crippen LogP) is 5.14. The molecular formula is C29H35N3O4. The fraction of sp³-hybridized carbons (Fsp3) is 0.379. The van der Waals surface area contributed by atoms with Crippen LogP contribution in [0, 0.1) is 0 Å². The van der Waals surface area contributed by atoms with Crippen LogP contribution in [0.1, 0.15) is 61.8 Å². The van der Waals surface area contributed by atoms with E-state index in [1.165, 1.54) is 5.56 Å². The number of hydrogen-bond acceptors (Lipinski definition) is 5. The highest BCUT2D eigenvalue weighted by Crippen LogP contribution is 2.16. The lowest BCUT2D eigenvalue weighted by atomic mass is 10.0. The zero-order valence-corrected chi connectivity index (χ0v) is 20.6. The highest BCUT2D eigenvalue weighted by Gasteiger charge is 2.15. The average Bonchev–Trinajstić information content (AvgIpc) is 2.90. The number of carboxylic acid groups (broad SMARTS) is 1. The molecule has 0 aliphatic heterocycles. The second kappa shape index (κ2) is 15.3. The first-order valence-corrected chi connectivity index (χ1v) is 12.6. The Morgan fingerprint density at radius 3 is 2.44 bits per heavy atom. The Labute approximate surface area is 213 Å². The Balaban J connectivity index is 1.40. The van der Waals surface area contributed by atoms with Crippen molar-refractivity contribution in [1.29, 1.82) is 0 Å². The van der Waals surface area contributed by atoms with Crippen molar-refractivity contribution in [3.63, 3.8) is 0 Å². The van der Waals surface area contributed by atoms with E-state index >= 15 is 0 Å². The molecule has 0 bridgehead atoms. The van der Waals surface area contributed by atoms with Gasteiger partial charge in [-0.25, -0.2) is 0 Å². The number of hydrogen-bond donors (Lipinski definition) is 2. The standard InChI is InChI=1S/C29H35N3O4/c33-28(11-4-2-1-3-8-24-9-7-18-30-21-24)32-25(14-17-29(34)35)20-23-12-15-27(16-13-23)36-22-26-10-5-6-19-31-26/h5-7,9-10,12-13,15-16,18-19,21,25H,1-4,8,11,14,17,20,22H2,(H,32,33)(H,34,35). The fourth-order valence-electron chi connectivity index (χ4n) is 3.98. The summed E-state index contributed by atoms with van der Waals surface area (Å²) in [5.74, 6) is -0.145. The molecule has 0 saturated carbocycles. The molecule has 1 unspecified atom stereocenters. The summed E-state index contributed by atoms with van der Waals surface area (Å²) in [7, 11) is 0. The van der Waals surface area contributed by atoms with Gasteiger partial charge in [-0.1, -0.05) is 37.1 Å². The van der Waals surface area contributed by atoms with Crippen LogP contribution in [0.4, 0.5) is 0 Å². The lowest BCUT2D eigenvalue weighted by molar-refractivity contribution is -0.137. The second-order valence-electron chi connectivity index (χ2n) is 8.93. The molecule has 0 saturated heterocycles. The number of carboxylic acids is 1. The smallest absolute Gasteiger partial charge is 0.303 e. The monoisotopic (exact) mass is 489 g/mol. The van der Waals surface area contributed by atoms with Crippen molar-refractivity contribution in [2.45, 2.75) is 70.4 Å². The maximum atomic E-state index is 12.5. The Morgan fingerprint density at radius 2 is 1.72 bits per heavy atom. The molecule has 3 aromatic rings. The van der Waals surface area contributed by atoms with E-state index in [2.05, 4.69) is 21.4 Å². The third-order valence-corrected chi connectivity index (χ3v) is 5.93. The maximum absolute atomic E-state index is 12.5. The third kappa shape index (κ3) is 10.7. The van der Waals surface area contributed by atoms with Gasteiger partial charge in [0.15, 0.2) is 0 Å². The normalized spacial score (nSPS) is 11.6. The quantitative estimate of drug-likeness (QED) is 0.270. The number of aryl methyl sites for hydroxylation is 1. The van der Waals surface area contributed by atoms with Gasteiger partial charge in [0.2, 0.25) is 5.91 Å². The highest BCUT2D eigenvalue weighted by molar-refractivity contribution is 5.76. The van der Waals surface area contributed by atoms with Gasteiger partial charge in [0.1, 0.15) is 12.4 Å². The molecule has 2 aromatic heterocycles. The number of aromatic nitrogens is 2. The number of carbonyl (C=O) groups is 2. The number of nitrogens with one attached hydrogen (secondary N) is 1. The van der Waals surface area contributed by atoms with E-state index < -0.39 is 5.97 Å². The number of aliphatic carboxylic acids is 1. The van der Waals surface area contributed by atoms with Gasteiger partial charge in [-0.05, 0) is 73.6 Å². The number of amides is 1. The first kappa shape index (κ1) is 26.9. The van der Waals surface area contributed by atoms with E-state index in [1.807, 2.05) is 54.7 Å². The van der Waals surface area contributed by atoms with Gasteiger partial charge in [-0.2, -0.15) is 0 Å². The molecule has 0 aliphatic carbocycles. The summed E-state index contributed by atoms with van der Waals surface area (Å²) < 4.78 is 5.78. The van der Waals surface area contributed by atoms with Crippen molar-refractivity contribution in [3.05, 3.63) is 90.0 Å². The van der Waals surface area contributed by atoms with Crippen molar-refractivity contribution in [2.24, 2.45) is 0 Å². The molecule has 7 heteroatoms. The van der Waals surface area contributed by atoms with Crippen molar-refractivity contribution >= 4 is 11.9 Å². The van der Waals surface area contributed by atoms with Crippen LogP contribution in [-0.4, -0.2) is 33.0 Å². The van der Waals surface area contributed by atoms with Gasteiger partial charge in [-0.15, -0.1) is 0 Å². The summed E-state index contributed by atoms with van der Waals surface area (Å²) in [5.41, 5.74) is 3.11. The molecule has 1 atom stereocenters. The third-order valence-electron chi connectivity index (χ3n) is 5.93. The van der Waals surface area contributed by atoms with Crippen LogP contribution in [-0.2, 0) is 29.0 Å². The lowest BCUT2D eigenvalue weighted by Crippen LogP contribution is -2.36. The van der Waals surface area contributed by atoms with Gasteiger partial charge in [0.25, 0.3) is 0 Å². The molecule has 0 aliphatic rings. The molecule has 3 rings (SSSR count). The number of ether oxygens (including phenoxy) is 1. The molecule has 0 spiro atoms. The molecule has 190 valence electrons. The number of rotatable bonds is 16. The van der Waals surface area contributed by atoms with Gasteiger partial charge in [0.05, 0.1) is 5.69 Å². The number of nitrogens with zero attached hydrogens (tertiary/aromatic N) is 2. The van der Waals surface area contributed by atoms with Gasteiger partial charge in [0, 0.05) is 37.5 Å². The van der Waals surface area contributed by atoms with Crippen LogP contribution in [0.25, 0.3) is 0 Å². The first-order chi connectivity index (χ1) is 17.6. The van der Waals surface area contributed by atoms with Crippen molar-refractivity contribution in [1.82, 2.24) is 15.3 Å². The minimum Gasteiger partial charge on any atom is -0.487 e. The molecule has 0 radical (unpaired) electrons. The second-order valence-corrected chi connectivity index (χ2v) is 8.93. The van der Waals surface area contributed by atoms with Gasteiger partial charge in [-0.3, -0.25) is 19.6 Å². The Kier molecular flexibility index (Phi) is 11.4. The molecule has 36 heavy (non-hydrogen) atoms. The molecule has 1 amide bonds. The number of pyridine rings is 2. The van der Waals surface area contributed by atoms with E-state index in [0.29, 0.717) is 25.9 Å². The number of carbonyl (C=O) groups excluding carboxylic acids is 1. The van der Waals surface area contributed by atoms with E-state index in [4.69, 9.17) is 9.84 Å². The predicted molar refractivity (Wildman–Crippen MR) is 139 cm³/mol. The molecule has 7 nitrogen and oxygen atoms in total. The highest BCUT2D eigenvalue weighted by atomic mass is 16.5. The zero-order valence-electron chi connectivity index (χ0n) is 20.6. The van der Waals surface area contributed by atoms with Crippen molar-refractivity contribution in [2.75, 3.05) is 0 Å². The number of benzene rings is 1. The van der Waals surface area contributed by atoms with Crippen LogP contribution in [0.15, 0.2) is 73.2 Å². The van der Waals surface area contributed by atoms with Crippen LogP contribution in [0.5, 0.6) is 5.75 Å². The lowest BCUT2D eigenvalue weighted by Gasteiger charge is -2.18. The Bertz CT molecular complexity index is 1040. The molecule has 2 N–H and O–H groups in total. The molecular weight excluding hydrogens is 454 g/mol. The Morgan fingerprint density at radius 1 is 0.889 bits per heavy atom. The largest absolute Gasteiger partial charge is 0.487 e. The zero-order chi connectivity index (χ0) is 25.4. The van der Waals surface area contributed by atoms with E-state index in [9.17, 15) is 9.59 Å². The minimum absolute atomic E-state index is 0.0184. The summed E-state index contributed by atoms with van der Waals surface area (Å²) >= 11 is 0. The summed E-state index contributed by atoms with van der Waals surface area (Å²) in [6.45, 7) is 0.390. The molecule has 2 heterocycles. The molecule has 1 aromatic carbocycles. The first-order valence-electron chi connectivity index (χ1n) is 12.6. The average molecular weight is 490 g/mol. The topological polar surface area (TPSA) is 101 Å². The summed E-state index contributed by atoms with van der Waals surface area (Å²) in [6.07, 6.45) is 11.8. The summed E-state index contributed by atoms with van der Waals surface area (Å²) in [6, 6.07) is 17.2. The van der Waals surface area contributed by atoms with Gasteiger partial charge >= 0.3 is 5.97 Å². The van der Waals surface area contributed by atoms with Gasteiger partial charge < -0.3 is 15.2 Å². The summed E-state index contributed by atoms with van der Waals surface area (Å²) in [5, 5.41) is 12.2.